The largest absolute Gasteiger partial charge is 0.322 e. The molecule has 0 saturated heterocycles. The van der Waals surface area contributed by atoms with E-state index in [4.69, 9.17) is 5.14 Å². The zero-order valence-corrected chi connectivity index (χ0v) is 13.5. The summed E-state index contributed by atoms with van der Waals surface area (Å²) in [6.45, 7) is 1.91. The molecule has 2 aromatic rings. The third-order valence-electron chi connectivity index (χ3n) is 2.79. The summed E-state index contributed by atoms with van der Waals surface area (Å²) in [5, 5.41) is 7.79. The zero-order valence-electron chi connectivity index (χ0n) is 11.1. The molecule has 5 nitrogen and oxygen atoms in total. The van der Waals surface area contributed by atoms with Gasteiger partial charge in [0.15, 0.2) is 0 Å². The topological polar surface area (TPSA) is 89.3 Å². The van der Waals surface area contributed by atoms with Crippen molar-refractivity contribution in [3.63, 3.8) is 0 Å². The van der Waals surface area contributed by atoms with E-state index in [2.05, 4.69) is 21.2 Å². The highest BCUT2D eigenvalue weighted by atomic mass is 79.9. The number of rotatable bonds is 3. The lowest BCUT2D eigenvalue weighted by Crippen LogP contribution is -2.16. The van der Waals surface area contributed by atoms with Gasteiger partial charge in [0.05, 0.1) is 10.5 Å². The van der Waals surface area contributed by atoms with Crippen molar-refractivity contribution in [1.29, 1.82) is 0 Å². The molecule has 0 bridgehead atoms. The normalized spacial score (nSPS) is 11.2. The van der Waals surface area contributed by atoms with Gasteiger partial charge in [-0.05, 0) is 58.7 Å². The summed E-state index contributed by atoms with van der Waals surface area (Å²) in [6.07, 6.45) is 0. The minimum atomic E-state index is -3.86. The number of hydrogen-bond acceptors (Lipinski definition) is 3. The molecule has 0 radical (unpaired) electrons. The van der Waals surface area contributed by atoms with Gasteiger partial charge in [-0.2, -0.15) is 0 Å². The maximum Gasteiger partial charge on any atom is 0.256 e. The average molecular weight is 369 g/mol. The number of aryl methyl sites for hydroxylation is 1. The van der Waals surface area contributed by atoms with Gasteiger partial charge in [-0.25, -0.2) is 13.6 Å². The maximum atomic E-state index is 12.2. The fourth-order valence-electron chi connectivity index (χ4n) is 1.78. The van der Waals surface area contributed by atoms with Crippen LogP contribution in [0.2, 0.25) is 0 Å². The third kappa shape index (κ3) is 3.90. The number of carbonyl (C=O) groups excluding carboxylic acids is 1. The van der Waals surface area contributed by atoms with Crippen LogP contribution in [0.3, 0.4) is 0 Å². The molecule has 21 heavy (non-hydrogen) atoms. The van der Waals surface area contributed by atoms with Gasteiger partial charge in [-0.1, -0.05) is 12.1 Å². The Balaban J connectivity index is 2.35. The molecule has 0 aliphatic carbocycles. The summed E-state index contributed by atoms with van der Waals surface area (Å²) < 4.78 is 23.2. The second-order valence-electron chi connectivity index (χ2n) is 4.51. The average Bonchev–Trinajstić information content (AvgIpc) is 2.37. The highest BCUT2D eigenvalue weighted by Crippen LogP contribution is 2.22. The fraction of sp³-hybridized carbons (Fsp3) is 0.0714. The molecule has 0 heterocycles. The molecule has 0 atom stereocenters. The number of hydrogen-bond donors (Lipinski definition) is 2. The molecule has 7 heteroatoms. The summed E-state index contributed by atoms with van der Waals surface area (Å²) >= 11 is 3.23. The Kier molecular flexibility index (Phi) is 4.46. The van der Waals surface area contributed by atoms with E-state index in [0.29, 0.717) is 10.2 Å². The molecule has 110 valence electrons. The molecular formula is C14H13BrN2O3S. The summed E-state index contributed by atoms with van der Waals surface area (Å²) in [7, 11) is -3.86. The molecule has 2 rings (SSSR count). The molecule has 2 aromatic carbocycles. The predicted octanol–water partition coefficient (Wildman–Crippen LogP) is 2.66. The van der Waals surface area contributed by atoms with Crippen LogP contribution in [-0.4, -0.2) is 14.3 Å². The number of benzene rings is 2. The van der Waals surface area contributed by atoms with Gasteiger partial charge in [-0.15, -0.1) is 0 Å². The van der Waals surface area contributed by atoms with Crippen LogP contribution >= 0.6 is 15.9 Å². The Morgan fingerprint density at radius 3 is 2.52 bits per heavy atom. The van der Waals surface area contributed by atoms with Crippen molar-refractivity contribution in [2.24, 2.45) is 5.14 Å². The van der Waals surface area contributed by atoms with E-state index in [1.165, 1.54) is 18.2 Å². The summed E-state index contributed by atoms with van der Waals surface area (Å²) in [5.74, 6) is -0.419. The smallest absolute Gasteiger partial charge is 0.256 e. The monoisotopic (exact) mass is 368 g/mol. The number of carbonyl (C=O) groups is 1. The summed E-state index contributed by atoms with van der Waals surface area (Å²) in [5.41, 5.74) is 1.83. The van der Waals surface area contributed by atoms with E-state index in [-0.39, 0.29) is 10.5 Å². The molecular weight excluding hydrogens is 356 g/mol. The van der Waals surface area contributed by atoms with E-state index in [1.54, 1.807) is 6.07 Å². The molecule has 0 fully saturated rings. The molecule has 0 saturated carbocycles. The number of nitrogens with one attached hydrogen (secondary N) is 1. The molecule has 0 aliphatic heterocycles. The number of amides is 1. The van der Waals surface area contributed by atoms with Crippen LogP contribution in [-0.2, 0) is 10.0 Å². The van der Waals surface area contributed by atoms with Crippen molar-refractivity contribution in [3.05, 3.63) is 58.1 Å². The van der Waals surface area contributed by atoms with E-state index >= 15 is 0 Å². The number of halogens is 1. The maximum absolute atomic E-state index is 12.2. The molecule has 0 aliphatic rings. The van der Waals surface area contributed by atoms with Crippen LogP contribution in [0, 0.1) is 6.92 Å². The lowest BCUT2D eigenvalue weighted by Gasteiger charge is -2.09. The zero-order chi connectivity index (χ0) is 15.6. The van der Waals surface area contributed by atoms with Gasteiger partial charge in [0.1, 0.15) is 0 Å². The van der Waals surface area contributed by atoms with Crippen molar-refractivity contribution in [3.8, 4) is 0 Å². The quantitative estimate of drug-likeness (QED) is 0.872. The van der Waals surface area contributed by atoms with Gasteiger partial charge in [-0.3, -0.25) is 4.79 Å². The first-order chi connectivity index (χ1) is 9.77. The van der Waals surface area contributed by atoms with E-state index < -0.39 is 15.9 Å². The van der Waals surface area contributed by atoms with Crippen molar-refractivity contribution < 1.29 is 13.2 Å². The van der Waals surface area contributed by atoms with Gasteiger partial charge >= 0.3 is 0 Å². The van der Waals surface area contributed by atoms with E-state index in [9.17, 15) is 13.2 Å². The first-order valence-corrected chi connectivity index (χ1v) is 8.31. The first-order valence-electron chi connectivity index (χ1n) is 5.98. The van der Waals surface area contributed by atoms with E-state index in [0.717, 1.165) is 5.56 Å². The van der Waals surface area contributed by atoms with E-state index in [1.807, 2.05) is 25.1 Å². The lowest BCUT2D eigenvalue weighted by atomic mass is 10.2. The minimum absolute atomic E-state index is 0.111. The first kappa shape index (κ1) is 15.7. The predicted molar refractivity (Wildman–Crippen MR) is 84.6 cm³/mol. The Morgan fingerprint density at radius 1 is 1.19 bits per heavy atom. The van der Waals surface area contributed by atoms with Crippen LogP contribution < -0.4 is 10.5 Å². The highest BCUT2D eigenvalue weighted by Gasteiger charge is 2.15. The molecule has 3 N–H and O–H groups in total. The lowest BCUT2D eigenvalue weighted by molar-refractivity contribution is 0.102. The van der Waals surface area contributed by atoms with Crippen molar-refractivity contribution in [2.45, 2.75) is 11.8 Å². The standard InChI is InChI=1S/C14H13BrN2O3S/c1-9-3-2-4-10(7-9)17-14(18)12-8-11(21(16,19)20)5-6-13(12)15/h2-8H,1H3,(H,17,18)(H2,16,19,20). The van der Waals surface area contributed by atoms with Crippen LogP contribution in [0.1, 0.15) is 15.9 Å². The van der Waals surface area contributed by atoms with Gasteiger partial charge in [0.2, 0.25) is 10.0 Å². The number of primary sulfonamides is 1. The second-order valence-corrected chi connectivity index (χ2v) is 6.93. The van der Waals surface area contributed by atoms with Crippen LogP contribution in [0.5, 0.6) is 0 Å². The second kappa shape index (κ2) is 5.97. The number of anilines is 1. The van der Waals surface area contributed by atoms with Gasteiger partial charge in [0, 0.05) is 10.2 Å². The van der Waals surface area contributed by atoms with Gasteiger partial charge < -0.3 is 5.32 Å². The SMILES string of the molecule is Cc1cccc(NC(=O)c2cc(S(N)(=O)=O)ccc2Br)c1. The molecule has 0 aromatic heterocycles. The van der Waals surface area contributed by atoms with Crippen molar-refractivity contribution in [2.75, 3.05) is 5.32 Å². The molecule has 0 spiro atoms. The Hall–Kier alpha value is -1.70. The Morgan fingerprint density at radius 2 is 1.90 bits per heavy atom. The van der Waals surface area contributed by atoms with Crippen molar-refractivity contribution >= 4 is 37.5 Å². The fourth-order valence-corrected chi connectivity index (χ4v) is 2.74. The molecule has 0 unspecified atom stereocenters. The van der Waals surface area contributed by atoms with Crippen molar-refractivity contribution in [1.82, 2.24) is 0 Å². The summed E-state index contributed by atoms with van der Waals surface area (Å²) in [6, 6.07) is 11.4. The van der Waals surface area contributed by atoms with Crippen LogP contribution in [0.4, 0.5) is 5.69 Å². The van der Waals surface area contributed by atoms with Crippen LogP contribution in [0.15, 0.2) is 51.8 Å². The summed E-state index contributed by atoms with van der Waals surface area (Å²) in [4.78, 5) is 12.1. The highest BCUT2D eigenvalue weighted by molar-refractivity contribution is 9.10. The van der Waals surface area contributed by atoms with Gasteiger partial charge in [0.25, 0.3) is 5.91 Å². The minimum Gasteiger partial charge on any atom is -0.322 e. The molecule has 1 amide bonds. The Bertz CT molecular complexity index is 804. The number of nitrogens with two attached hydrogens (primary N) is 1. The third-order valence-corrected chi connectivity index (χ3v) is 4.39. The Labute approximate surface area is 131 Å². The van der Waals surface area contributed by atoms with Crippen LogP contribution in [0.25, 0.3) is 0 Å². The number of sulfonamides is 1.